The highest BCUT2D eigenvalue weighted by molar-refractivity contribution is 6.00. The quantitative estimate of drug-likeness (QED) is 0.881. The fraction of sp³-hybridized carbons (Fsp3) is 0.556. The predicted octanol–water partition coefficient (Wildman–Crippen LogP) is 3.29. The smallest absolute Gasteiger partial charge is 0.176 e. The zero-order valence-corrected chi connectivity index (χ0v) is 13.7. The van der Waals surface area contributed by atoms with Crippen LogP contribution in [0, 0.1) is 11.8 Å². The van der Waals surface area contributed by atoms with E-state index in [9.17, 15) is 4.79 Å². The number of likely N-dealkylation sites (tertiary alicyclic amines) is 1. The second-order valence-electron chi connectivity index (χ2n) is 6.83. The van der Waals surface area contributed by atoms with Gasteiger partial charge in [-0.25, -0.2) is 4.98 Å². The number of carbonyl (C=O) groups excluding carboxylic acids is 1. The molecule has 0 radical (unpaired) electrons. The first-order chi connectivity index (χ1) is 10.5. The van der Waals surface area contributed by atoms with Crippen molar-refractivity contribution in [2.45, 2.75) is 33.6 Å². The van der Waals surface area contributed by atoms with Crippen LogP contribution in [0.1, 0.15) is 43.4 Å². The van der Waals surface area contributed by atoms with Gasteiger partial charge in [0.05, 0.1) is 17.6 Å². The van der Waals surface area contributed by atoms with Crippen LogP contribution in [0.3, 0.4) is 0 Å². The van der Waals surface area contributed by atoms with Gasteiger partial charge in [0.15, 0.2) is 5.78 Å². The second kappa shape index (κ2) is 6.21. The molecule has 0 aliphatic carbocycles. The number of hydrogen-bond donors (Lipinski definition) is 1. The lowest BCUT2D eigenvalue weighted by atomic mass is 9.91. The number of fused-ring (bicyclic) bond motifs is 1. The van der Waals surface area contributed by atoms with Gasteiger partial charge in [-0.3, -0.25) is 9.69 Å². The molecule has 1 saturated heterocycles. The molecule has 3 rings (SSSR count). The van der Waals surface area contributed by atoms with E-state index in [0.717, 1.165) is 41.9 Å². The first kappa shape index (κ1) is 15.2. The van der Waals surface area contributed by atoms with Crippen molar-refractivity contribution >= 4 is 16.8 Å². The summed E-state index contributed by atoms with van der Waals surface area (Å²) in [5.41, 5.74) is 2.68. The van der Waals surface area contributed by atoms with Gasteiger partial charge in [-0.05, 0) is 36.5 Å². The van der Waals surface area contributed by atoms with Crippen molar-refractivity contribution in [1.82, 2.24) is 14.9 Å². The number of hydrogen-bond acceptors (Lipinski definition) is 3. The number of aromatic amines is 1. The van der Waals surface area contributed by atoms with Gasteiger partial charge in [0.2, 0.25) is 0 Å². The zero-order chi connectivity index (χ0) is 15.7. The Morgan fingerprint density at radius 1 is 1.32 bits per heavy atom. The van der Waals surface area contributed by atoms with Gasteiger partial charge < -0.3 is 4.98 Å². The molecule has 2 aromatic rings. The maximum atomic E-state index is 12.6. The minimum absolute atomic E-state index is 0.204. The topological polar surface area (TPSA) is 49.0 Å². The average Bonchev–Trinajstić information content (AvgIpc) is 2.88. The minimum Gasteiger partial charge on any atom is -0.342 e. The lowest BCUT2D eigenvalue weighted by molar-refractivity contribution is 0.0849. The van der Waals surface area contributed by atoms with Crippen molar-refractivity contribution in [2.75, 3.05) is 19.6 Å². The van der Waals surface area contributed by atoms with Crippen molar-refractivity contribution in [2.24, 2.45) is 11.8 Å². The van der Waals surface area contributed by atoms with E-state index in [-0.39, 0.29) is 5.78 Å². The lowest BCUT2D eigenvalue weighted by Crippen LogP contribution is -2.41. The Bertz CT molecular complexity index is 666. The molecule has 1 N–H and O–H groups in total. The maximum Gasteiger partial charge on any atom is 0.176 e. The number of rotatable bonds is 4. The Hall–Kier alpha value is -1.68. The predicted molar refractivity (Wildman–Crippen MR) is 89.2 cm³/mol. The number of aryl methyl sites for hydroxylation is 1. The highest BCUT2D eigenvalue weighted by atomic mass is 16.1. The number of aromatic nitrogens is 2. The molecule has 1 aliphatic heterocycles. The first-order valence-electron chi connectivity index (χ1n) is 8.29. The number of nitrogens with one attached hydrogen (secondary N) is 1. The summed E-state index contributed by atoms with van der Waals surface area (Å²) in [6.45, 7) is 9.20. The molecule has 1 fully saturated rings. The van der Waals surface area contributed by atoms with E-state index in [4.69, 9.17) is 0 Å². The number of nitrogens with zero attached hydrogens (tertiary/aromatic N) is 2. The average molecular weight is 299 g/mol. The zero-order valence-electron chi connectivity index (χ0n) is 13.7. The molecule has 1 aliphatic rings. The minimum atomic E-state index is 0.204. The van der Waals surface area contributed by atoms with Gasteiger partial charge in [-0.15, -0.1) is 0 Å². The van der Waals surface area contributed by atoms with E-state index in [0.29, 0.717) is 18.4 Å². The number of Topliss-reactive ketones (excluding diaryl/α,β-unsaturated/α-hetero) is 1. The van der Waals surface area contributed by atoms with Crippen LogP contribution in [0.15, 0.2) is 18.2 Å². The summed E-state index contributed by atoms with van der Waals surface area (Å²) in [5.74, 6) is 2.53. The summed E-state index contributed by atoms with van der Waals surface area (Å²) in [6.07, 6.45) is 2.14. The van der Waals surface area contributed by atoms with Crippen LogP contribution in [0.4, 0.5) is 0 Å². The Morgan fingerprint density at radius 3 is 2.73 bits per heavy atom. The Morgan fingerprint density at radius 2 is 2.05 bits per heavy atom. The number of imidazole rings is 1. The van der Waals surface area contributed by atoms with Gasteiger partial charge in [-0.2, -0.15) is 0 Å². The first-order valence-corrected chi connectivity index (χ1v) is 8.29. The normalized spacial score (nSPS) is 23.0. The number of ketones is 1. The molecule has 1 aromatic carbocycles. The van der Waals surface area contributed by atoms with E-state index in [1.807, 2.05) is 18.2 Å². The Labute approximate surface area is 131 Å². The molecular weight excluding hydrogens is 274 g/mol. The SMILES string of the molecule is CCc1nc2ccc(C(=O)CN3CC(C)CC(C)C3)cc2[nH]1. The summed E-state index contributed by atoms with van der Waals surface area (Å²) < 4.78 is 0. The van der Waals surface area contributed by atoms with Crippen LogP contribution in [0.5, 0.6) is 0 Å². The van der Waals surface area contributed by atoms with Crippen LogP contribution in [0.2, 0.25) is 0 Å². The molecule has 0 bridgehead atoms. The monoisotopic (exact) mass is 299 g/mol. The molecule has 2 heterocycles. The summed E-state index contributed by atoms with van der Waals surface area (Å²) in [4.78, 5) is 22.6. The van der Waals surface area contributed by atoms with Gasteiger partial charge in [0.25, 0.3) is 0 Å². The third-order valence-electron chi connectivity index (χ3n) is 4.50. The molecule has 4 nitrogen and oxygen atoms in total. The number of carbonyl (C=O) groups is 1. The van der Waals surface area contributed by atoms with Crippen LogP contribution in [0.25, 0.3) is 11.0 Å². The molecular formula is C18H25N3O. The molecule has 118 valence electrons. The molecule has 0 spiro atoms. The highest BCUT2D eigenvalue weighted by Gasteiger charge is 2.23. The summed E-state index contributed by atoms with van der Waals surface area (Å²) in [7, 11) is 0. The largest absolute Gasteiger partial charge is 0.342 e. The van der Waals surface area contributed by atoms with E-state index in [1.54, 1.807) is 0 Å². The number of benzene rings is 1. The van der Waals surface area contributed by atoms with Crippen molar-refractivity contribution in [3.05, 3.63) is 29.6 Å². The molecule has 4 heteroatoms. The van der Waals surface area contributed by atoms with E-state index in [1.165, 1.54) is 6.42 Å². The Balaban J connectivity index is 1.74. The van der Waals surface area contributed by atoms with Crippen molar-refractivity contribution in [1.29, 1.82) is 0 Å². The molecule has 2 atom stereocenters. The number of H-pyrrole nitrogens is 1. The van der Waals surface area contributed by atoms with Crippen LogP contribution in [-0.2, 0) is 6.42 Å². The fourth-order valence-electron chi connectivity index (χ4n) is 3.62. The van der Waals surface area contributed by atoms with E-state index >= 15 is 0 Å². The van der Waals surface area contributed by atoms with Gasteiger partial charge in [0.1, 0.15) is 5.82 Å². The third kappa shape index (κ3) is 3.22. The van der Waals surface area contributed by atoms with Crippen molar-refractivity contribution < 1.29 is 4.79 Å². The molecule has 22 heavy (non-hydrogen) atoms. The van der Waals surface area contributed by atoms with Gasteiger partial charge in [-0.1, -0.05) is 20.8 Å². The number of piperidine rings is 1. The molecule has 1 aromatic heterocycles. The van der Waals surface area contributed by atoms with Crippen LogP contribution in [-0.4, -0.2) is 40.3 Å². The van der Waals surface area contributed by atoms with Crippen LogP contribution >= 0.6 is 0 Å². The summed E-state index contributed by atoms with van der Waals surface area (Å²) in [6, 6.07) is 5.79. The highest BCUT2D eigenvalue weighted by Crippen LogP contribution is 2.21. The standard InChI is InChI=1S/C18H25N3O/c1-4-18-19-15-6-5-14(8-16(15)20-18)17(22)11-21-9-12(2)7-13(3)10-21/h5-6,8,12-13H,4,7,9-11H2,1-3H3,(H,19,20). The third-order valence-corrected chi connectivity index (χ3v) is 4.50. The molecule has 2 unspecified atom stereocenters. The van der Waals surface area contributed by atoms with Crippen LogP contribution < -0.4 is 0 Å². The van der Waals surface area contributed by atoms with E-state index < -0.39 is 0 Å². The lowest BCUT2D eigenvalue weighted by Gasteiger charge is -2.34. The van der Waals surface area contributed by atoms with Crippen molar-refractivity contribution in [3.8, 4) is 0 Å². The summed E-state index contributed by atoms with van der Waals surface area (Å²) in [5, 5.41) is 0. The van der Waals surface area contributed by atoms with E-state index in [2.05, 4.69) is 35.6 Å². The van der Waals surface area contributed by atoms with Gasteiger partial charge in [0, 0.05) is 25.1 Å². The molecule has 0 amide bonds. The molecule has 0 saturated carbocycles. The van der Waals surface area contributed by atoms with Gasteiger partial charge >= 0.3 is 0 Å². The summed E-state index contributed by atoms with van der Waals surface area (Å²) >= 11 is 0. The maximum absolute atomic E-state index is 12.6. The fourth-order valence-corrected chi connectivity index (χ4v) is 3.62. The Kier molecular flexibility index (Phi) is 4.30. The second-order valence-corrected chi connectivity index (χ2v) is 6.83. The van der Waals surface area contributed by atoms with Crippen molar-refractivity contribution in [3.63, 3.8) is 0 Å².